The molecular weight excluding hydrogens is 380 g/mol. The van der Waals surface area contributed by atoms with E-state index in [1.165, 1.54) is 0 Å². The van der Waals surface area contributed by atoms with Crippen LogP contribution in [0.3, 0.4) is 0 Å². The van der Waals surface area contributed by atoms with Gasteiger partial charge in [0.1, 0.15) is 11.3 Å². The number of pyridine rings is 1. The molecule has 1 amide bonds. The second-order valence-electron chi connectivity index (χ2n) is 7.21. The van der Waals surface area contributed by atoms with Crippen molar-refractivity contribution in [3.63, 3.8) is 0 Å². The number of nitrogens with zero attached hydrogens (tertiary/aromatic N) is 1. The molecule has 30 heavy (non-hydrogen) atoms. The van der Waals surface area contributed by atoms with Crippen LogP contribution in [0.4, 0.5) is 0 Å². The SMILES string of the molecule is O=C(CCc1ccc2c(c1)OCCCO2)NCCCOc1cccc2cccnc12. The molecule has 0 saturated heterocycles. The number of carbonyl (C=O) groups excluding carboxylic acids is 1. The minimum absolute atomic E-state index is 0.0361. The van der Waals surface area contributed by atoms with Gasteiger partial charge in [0.2, 0.25) is 5.91 Å². The van der Waals surface area contributed by atoms with Crippen molar-refractivity contribution < 1.29 is 19.0 Å². The molecule has 0 atom stereocenters. The van der Waals surface area contributed by atoms with E-state index >= 15 is 0 Å². The Labute approximate surface area is 176 Å². The Morgan fingerprint density at radius 2 is 1.93 bits per heavy atom. The first kappa shape index (κ1) is 20.0. The number of carbonyl (C=O) groups is 1. The lowest BCUT2D eigenvalue weighted by molar-refractivity contribution is -0.121. The lowest BCUT2D eigenvalue weighted by Gasteiger charge is -2.10. The number of hydrogen-bond acceptors (Lipinski definition) is 5. The summed E-state index contributed by atoms with van der Waals surface area (Å²) in [6.07, 6.45) is 4.49. The van der Waals surface area contributed by atoms with Crippen molar-refractivity contribution in [2.45, 2.75) is 25.7 Å². The van der Waals surface area contributed by atoms with Crippen LogP contribution in [-0.2, 0) is 11.2 Å². The molecule has 0 bridgehead atoms. The highest BCUT2D eigenvalue weighted by molar-refractivity contribution is 5.84. The second kappa shape index (κ2) is 9.96. The van der Waals surface area contributed by atoms with Gasteiger partial charge in [0.25, 0.3) is 0 Å². The van der Waals surface area contributed by atoms with Gasteiger partial charge in [0.15, 0.2) is 11.5 Å². The molecule has 2 heterocycles. The normalized spacial score (nSPS) is 12.9. The Hall–Kier alpha value is -3.28. The zero-order chi connectivity index (χ0) is 20.6. The lowest BCUT2D eigenvalue weighted by Crippen LogP contribution is -2.25. The number of nitrogens with one attached hydrogen (secondary N) is 1. The molecule has 156 valence electrons. The van der Waals surface area contributed by atoms with Gasteiger partial charge < -0.3 is 19.5 Å². The summed E-state index contributed by atoms with van der Waals surface area (Å²) in [5.74, 6) is 2.36. The van der Waals surface area contributed by atoms with Crippen LogP contribution in [0.2, 0.25) is 0 Å². The van der Waals surface area contributed by atoms with Gasteiger partial charge in [-0.1, -0.05) is 24.3 Å². The smallest absolute Gasteiger partial charge is 0.220 e. The summed E-state index contributed by atoms with van der Waals surface area (Å²) in [6, 6.07) is 15.7. The van der Waals surface area contributed by atoms with Crippen molar-refractivity contribution >= 4 is 16.8 Å². The molecule has 2 aromatic carbocycles. The highest BCUT2D eigenvalue weighted by Gasteiger charge is 2.11. The van der Waals surface area contributed by atoms with Gasteiger partial charge in [-0.15, -0.1) is 0 Å². The van der Waals surface area contributed by atoms with E-state index in [4.69, 9.17) is 14.2 Å². The second-order valence-corrected chi connectivity index (χ2v) is 7.21. The Balaban J connectivity index is 1.17. The van der Waals surface area contributed by atoms with Crippen molar-refractivity contribution in [3.05, 3.63) is 60.3 Å². The number of aryl methyl sites for hydroxylation is 1. The summed E-state index contributed by atoms with van der Waals surface area (Å²) >= 11 is 0. The van der Waals surface area contributed by atoms with Crippen molar-refractivity contribution in [1.29, 1.82) is 0 Å². The van der Waals surface area contributed by atoms with Crippen LogP contribution in [-0.4, -0.2) is 37.3 Å². The maximum absolute atomic E-state index is 12.2. The van der Waals surface area contributed by atoms with Gasteiger partial charge in [-0.25, -0.2) is 0 Å². The fourth-order valence-electron chi connectivity index (χ4n) is 3.38. The Morgan fingerprint density at radius 1 is 1.07 bits per heavy atom. The average Bonchev–Trinajstić information content (AvgIpc) is 3.02. The molecule has 1 aliphatic rings. The van der Waals surface area contributed by atoms with Gasteiger partial charge in [-0.05, 0) is 42.7 Å². The molecule has 0 unspecified atom stereocenters. The van der Waals surface area contributed by atoms with Crippen molar-refractivity contribution in [1.82, 2.24) is 10.3 Å². The number of fused-ring (bicyclic) bond motifs is 2. The molecule has 0 radical (unpaired) electrons. The van der Waals surface area contributed by atoms with E-state index in [1.807, 2.05) is 48.5 Å². The van der Waals surface area contributed by atoms with Crippen LogP contribution >= 0.6 is 0 Å². The van der Waals surface area contributed by atoms with Gasteiger partial charge >= 0.3 is 0 Å². The summed E-state index contributed by atoms with van der Waals surface area (Å²) in [4.78, 5) is 16.5. The van der Waals surface area contributed by atoms with Crippen LogP contribution in [0.25, 0.3) is 10.9 Å². The predicted octanol–water partition coefficient (Wildman–Crippen LogP) is 3.91. The minimum Gasteiger partial charge on any atom is -0.491 e. The summed E-state index contributed by atoms with van der Waals surface area (Å²) in [5, 5.41) is 4.01. The number of benzene rings is 2. The molecule has 0 fully saturated rings. The lowest BCUT2D eigenvalue weighted by atomic mass is 10.1. The standard InChI is InChI=1S/C24H26N2O4/c27-23(11-9-18-8-10-20-22(17-18)30-16-4-15-28-20)25-13-3-14-29-21-7-1-5-19-6-2-12-26-24(19)21/h1-2,5-8,10,12,17H,3-4,9,11,13-16H2,(H,25,27). The van der Waals surface area contributed by atoms with E-state index in [-0.39, 0.29) is 5.91 Å². The van der Waals surface area contributed by atoms with Gasteiger partial charge in [0.05, 0.1) is 19.8 Å². The molecule has 1 aliphatic heterocycles. The first-order valence-corrected chi connectivity index (χ1v) is 10.4. The number of hydrogen-bond donors (Lipinski definition) is 1. The number of aromatic nitrogens is 1. The van der Waals surface area contributed by atoms with Crippen LogP contribution in [0.5, 0.6) is 17.2 Å². The van der Waals surface area contributed by atoms with Crippen LogP contribution in [0.1, 0.15) is 24.8 Å². The van der Waals surface area contributed by atoms with Crippen molar-refractivity contribution in [3.8, 4) is 17.2 Å². The van der Waals surface area contributed by atoms with E-state index < -0.39 is 0 Å². The van der Waals surface area contributed by atoms with E-state index in [0.717, 1.165) is 46.6 Å². The number of ether oxygens (including phenoxy) is 3. The third kappa shape index (κ3) is 5.20. The van der Waals surface area contributed by atoms with Gasteiger partial charge in [0, 0.05) is 31.0 Å². The summed E-state index contributed by atoms with van der Waals surface area (Å²) < 4.78 is 17.2. The van der Waals surface area contributed by atoms with Crippen LogP contribution in [0.15, 0.2) is 54.7 Å². The Kier molecular flexibility index (Phi) is 6.65. The van der Waals surface area contributed by atoms with E-state index in [2.05, 4.69) is 10.3 Å². The molecule has 0 aliphatic carbocycles. The Bertz CT molecular complexity index is 1000. The first-order chi connectivity index (χ1) is 14.8. The predicted molar refractivity (Wildman–Crippen MR) is 115 cm³/mol. The van der Waals surface area contributed by atoms with Gasteiger partial charge in [-0.2, -0.15) is 0 Å². The fraction of sp³-hybridized carbons (Fsp3) is 0.333. The topological polar surface area (TPSA) is 69.7 Å². The van der Waals surface area contributed by atoms with Crippen LogP contribution in [0, 0.1) is 0 Å². The minimum atomic E-state index is 0.0361. The number of amides is 1. The molecule has 6 nitrogen and oxygen atoms in total. The average molecular weight is 406 g/mol. The zero-order valence-corrected chi connectivity index (χ0v) is 16.9. The van der Waals surface area contributed by atoms with Crippen molar-refractivity contribution in [2.75, 3.05) is 26.4 Å². The monoisotopic (exact) mass is 406 g/mol. The maximum Gasteiger partial charge on any atom is 0.220 e. The highest BCUT2D eigenvalue weighted by Crippen LogP contribution is 2.30. The number of rotatable bonds is 8. The van der Waals surface area contributed by atoms with E-state index in [0.29, 0.717) is 39.2 Å². The van der Waals surface area contributed by atoms with Crippen LogP contribution < -0.4 is 19.5 Å². The third-order valence-corrected chi connectivity index (χ3v) is 4.95. The molecule has 1 aromatic heterocycles. The maximum atomic E-state index is 12.2. The van der Waals surface area contributed by atoms with E-state index in [9.17, 15) is 4.79 Å². The molecule has 4 rings (SSSR count). The first-order valence-electron chi connectivity index (χ1n) is 10.4. The third-order valence-electron chi connectivity index (χ3n) is 4.95. The molecule has 1 N–H and O–H groups in total. The molecule has 6 heteroatoms. The van der Waals surface area contributed by atoms with E-state index in [1.54, 1.807) is 6.20 Å². The Morgan fingerprint density at radius 3 is 2.87 bits per heavy atom. The highest BCUT2D eigenvalue weighted by atomic mass is 16.5. The summed E-state index contributed by atoms with van der Waals surface area (Å²) in [7, 11) is 0. The zero-order valence-electron chi connectivity index (χ0n) is 16.9. The van der Waals surface area contributed by atoms with Crippen molar-refractivity contribution in [2.24, 2.45) is 0 Å². The molecular formula is C24H26N2O4. The molecule has 3 aromatic rings. The molecule has 0 spiro atoms. The molecule has 0 saturated carbocycles. The van der Waals surface area contributed by atoms with Gasteiger partial charge in [-0.3, -0.25) is 9.78 Å². The quantitative estimate of drug-likeness (QED) is 0.575. The summed E-state index contributed by atoms with van der Waals surface area (Å²) in [5.41, 5.74) is 1.93. The fourth-order valence-corrected chi connectivity index (χ4v) is 3.38. The largest absolute Gasteiger partial charge is 0.491 e. The summed E-state index contributed by atoms with van der Waals surface area (Å²) in [6.45, 7) is 2.44. The number of para-hydroxylation sites is 1.